The first-order valence-electron chi connectivity index (χ1n) is 13.8. The summed E-state index contributed by atoms with van der Waals surface area (Å²) in [5, 5.41) is 3.52. The van der Waals surface area contributed by atoms with E-state index in [1.165, 1.54) is 30.5 Å². The number of esters is 2. The SMILES string of the molecule is COc1ccc(COC(=O)C2=C(CCl)CSC3C(CC(=O)/C(=N\OC(C)(C)C(=O)OC(C)(C)C)c4nsc(N)n4)C(=O)N23)cc1. The van der Waals surface area contributed by atoms with Gasteiger partial charge in [-0.05, 0) is 57.9 Å². The third-order valence-electron chi connectivity index (χ3n) is 6.62. The van der Waals surface area contributed by atoms with E-state index in [1.807, 2.05) is 0 Å². The number of nitrogens with zero attached hydrogens (tertiary/aromatic N) is 4. The van der Waals surface area contributed by atoms with Crippen LogP contribution in [0.1, 0.15) is 52.4 Å². The number of hydrogen-bond acceptors (Lipinski definition) is 14. The van der Waals surface area contributed by atoms with Crippen LogP contribution in [0.25, 0.3) is 0 Å². The predicted octanol–water partition coefficient (Wildman–Crippen LogP) is 3.70. The summed E-state index contributed by atoms with van der Waals surface area (Å²) in [6.07, 6.45) is -0.286. The Morgan fingerprint density at radius 1 is 1.16 bits per heavy atom. The fourth-order valence-corrected chi connectivity index (χ4v) is 6.47. The van der Waals surface area contributed by atoms with Gasteiger partial charge in [0, 0.05) is 29.6 Å². The number of nitrogens with two attached hydrogens (primary N) is 1. The molecule has 2 atom stereocenters. The van der Waals surface area contributed by atoms with Gasteiger partial charge in [-0.2, -0.15) is 9.36 Å². The quantitative estimate of drug-likeness (QED) is 0.114. The van der Waals surface area contributed by atoms with Crippen LogP contribution in [0, 0.1) is 5.92 Å². The number of Topliss-reactive ketones (excluding diaryl/α,β-unsaturated/α-hetero) is 1. The molecule has 16 heteroatoms. The maximum atomic E-state index is 13.6. The number of amides is 1. The number of alkyl halides is 1. The highest BCUT2D eigenvalue weighted by molar-refractivity contribution is 8.00. The molecular formula is C29H34ClN5O8S2. The van der Waals surface area contributed by atoms with Gasteiger partial charge in [0.25, 0.3) is 0 Å². The highest BCUT2D eigenvalue weighted by Gasteiger charge is 2.54. The number of oxime groups is 1. The van der Waals surface area contributed by atoms with Crippen LogP contribution in [-0.4, -0.2) is 78.9 Å². The van der Waals surface area contributed by atoms with Crippen molar-refractivity contribution < 1.29 is 38.2 Å². The van der Waals surface area contributed by atoms with E-state index in [4.69, 9.17) is 36.4 Å². The van der Waals surface area contributed by atoms with Gasteiger partial charge in [-0.15, -0.1) is 23.4 Å². The fraction of sp³-hybridized carbons (Fsp3) is 0.483. The molecule has 4 rings (SSSR count). The van der Waals surface area contributed by atoms with Crippen molar-refractivity contribution in [3.63, 3.8) is 0 Å². The van der Waals surface area contributed by atoms with E-state index < -0.39 is 46.1 Å². The van der Waals surface area contributed by atoms with E-state index in [-0.39, 0.29) is 41.3 Å². The predicted molar refractivity (Wildman–Crippen MR) is 169 cm³/mol. The van der Waals surface area contributed by atoms with Crippen LogP contribution in [-0.2, 0) is 40.1 Å². The second kappa shape index (κ2) is 13.7. The van der Waals surface area contributed by atoms with Crippen molar-refractivity contribution in [2.75, 3.05) is 24.5 Å². The lowest BCUT2D eigenvalue weighted by Gasteiger charge is -2.49. The maximum Gasteiger partial charge on any atom is 0.355 e. The summed E-state index contributed by atoms with van der Waals surface area (Å²) in [6, 6.07) is 7.02. The number of carbonyl (C=O) groups is 4. The topological polar surface area (TPSA) is 173 Å². The number of β-lactam (4-membered cyclic amide) rings is 1. The van der Waals surface area contributed by atoms with Crippen molar-refractivity contribution in [2.24, 2.45) is 11.1 Å². The van der Waals surface area contributed by atoms with Crippen LogP contribution in [0.2, 0.25) is 0 Å². The van der Waals surface area contributed by atoms with E-state index in [0.29, 0.717) is 17.1 Å². The normalized spacial score (nSPS) is 18.6. The minimum absolute atomic E-state index is 0.0209. The Morgan fingerprint density at radius 2 is 1.84 bits per heavy atom. The first-order valence-corrected chi connectivity index (χ1v) is 16.2. The minimum atomic E-state index is -1.56. The number of ketones is 1. The van der Waals surface area contributed by atoms with E-state index in [0.717, 1.165) is 17.1 Å². The van der Waals surface area contributed by atoms with Crippen LogP contribution >= 0.6 is 34.9 Å². The summed E-state index contributed by atoms with van der Waals surface area (Å²) in [5.74, 6) is -2.27. The summed E-state index contributed by atoms with van der Waals surface area (Å²) in [5.41, 5.74) is 4.47. The van der Waals surface area contributed by atoms with Gasteiger partial charge in [0.2, 0.25) is 17.3 Å². The number of fused-ring (bicyclic) bond motifs is 1. The van der Waals surface area contributed by atoms with Gasteiger partial charge in [-0.25, -0.2) is 9.59 Å². The fourth-order valence-electron chi connectivity index (χ4n) is 4.29. The van der Waals surface area contributed by atoms with Crippen LogP contribution < -0.4 is 10.5 Å². The number of anilines is 1. The number of methoxy groups -OCH3 is 1. The molecule has 0 aliphatic carbocycles. The molecule has 1 aromatic heterocycles. The molecule has 0 bridgehead atoms. The van der Waals surface area contributed by atoms with E-state index in [9.17, 15) is 19.2 Å². The summed E-state index contributed by atoms with van der Waals surface area (Å²) in [7, 11) is 1.55. The zero-order chi connectivity index (χ0) is 33.1. The molecule has 242 valence electrons. The number of ether oxygens (including phenoxy) is 3. The molecule has 0 spiro atoms. The average Bonchev–Trinajstić information content (AvgIpc) is 3.42. The van der Waals surface area contributed by atoms with Gasteiger partial charge >= 0.3 is 11.9 Å². The summed E-state index contributed by atoms with van der Waals surface area (Å²) >= 11 is 8.38. The van der Waals surface area contributed by atoms with E-state index in [2.05, 4.69) is 14.5 Å². The van der Waals surface area contributed by atoms with Gasteiger partial charge < -0.3 is 24.8 Å². The summed E-state index contributed by atoms with van der Waals surface area (Å²) in [4.78, 5) is 63.8. The molecule has 3 heterocycles. The maximum absolute atomic E-state index is 13.6. The van der Waals surface area contributed by atoms with Gasteiger partial charge in [0.15, 0.2) is 16.6 Å². The second-order valence-corrected chi connectivity index (χ2v) is 13.8. The Kier molecular flexibility index (Phi) is 10.4. The third-order valence-corrected chi connectivity index (χ3v) is 8.88. The smallest absolute Gasteiger partial charge is 0.355 e. The Hall–Kier alpha value is -3.69. The molecule has 1 amide bonds. The zero-order valence-electron chi connectivity index (χ0n) is 25.6. The van der Waals surface area contributed by atoms with E-state index in [1.54, 1.807) is 52.1 Å². The summed E-state index contributed by atoms with van der Waals surface area (Å²) in [6.45, 7) is 7.99. The number of hydrogen-bond donors (Lipinski definition) is 1. The second-order valence-electron chi connectivity index (χ2n) is 11.7. The van der Waals surface area contributed by atoms with Crippen molar-refractivity contribution in [3.05, 3.63) is 46.9 Å². The highest BCUT2D eigenvalue weighted by Crippen LogP contribution is 2.45. The van der Waals surface area contributed by atoms with Gasteiger partial charge in [0.05, 0.1) is 18.4 Å². The molecule has 2 N–H and O–H groups in total. The molecule has 1 saturated heterocycles. The molecule has 13 nitrogen and oxygen atoms in total. The minimum Gasteiger partial charge on any atom is -0.497 e. The number of halogens is 1. The number of carbonyl (C=O) groups excluding carboxylic acids is 4. The number of benzene rings is 1. The highest BCUT2D eigenvalue weighted by atomic mass is 35.5. The molecule has 0 saturated carbocycles. The van der Waals surface area contributed by atoms with Gasteiger partial charge in [-0.1, -0.05) is 17.3 Å². The van der Waals surface area contributed by atoms with Crippen molar-refractivity contribution >= 4 is 69.4 Å². The van der Waals surface area contributed by atoms with Crippen LogP contribution in [0.4, 0.5) is 5.13 Å². The molecule has 2 aliphatic rings. The number of thioether (sulfide) groups is 1. The lowest BCUT2D eigenvalue weighted by Crippen LogP contribution is -2.62. The van der Waals surface area contributed by atoms with Gasteiger partial charge in [0.1, 0.15) is 23.7 Å². The Morgan fingerprint density at radius 3 is 2.42 bits per heavy atom. The summed E-state index contributed by atoms with van der Waals surface area (Å²) < 4.78 is 20.1. The first kappa shape index (κ1) is 34.2. The Bertz CT molecular complexity index is 1530. The molecular weight excluding hydrogens is 646 g/mol. The standard InChI is InChI=1S/C29H34ClN5O8S2/c1-28(2,3)42-26(39)29(4,5)43-33-20(22-32-27(31)45-34-22)19(36)11-18-23(37)35-21(16(12-30)14-44-24(18)35)25(38)41-13-15-7-9-17(40-6)10-8-15/h7-10,18,24H,11-14H2,1-6H3,(H2,31,32,34)/b33-20+. The molecule has 1 fully saturated rings. The molecule has 0 radical (unpaired) electrons. The largest absolute Gasteiger partial charge is 0.497 e. The average molecular weight is 680 g/mol. The molecule has 2 aliphatic heterocycles. The lowest BCUT2D eigenvalue weighted by atomic mass is 9.89. The van der Waals surface area contributed by atoms with Crippen molar-refractivity contribution in [2.45, 2.75) is 64.2 Å². The third kappa shape index (κ3) is 7.94. The zero-order valence-corrected chi connectivity index (χ0v) is 28.0. The van der Waals surface area contributed by atoms with Crippen molar-refractivity contribution in [1.29, 1.82) is 0 Å². The lowest BCUT2D eigenvalue weighted by molar-refractivity contribution is -0.179. The van der Waals surface area contributed by atoms with Gasteiger partial charge in [-0.3, -0.25) is 14.5 Å². The molecule has 45 heavy (non-hydrogen) atoms. The van der Waals surface area contributed by atoms with Crippen LogP contribution in [0.15, 0.2) is 40.7 Å². The number of aromatic nitrogens is 2. The monoisotopic (exact) mass is 679 g/mol. The number of nitrogen functional groups attached to an aromatic ring is 1. The van der Waals surface area contributed by atoms with Crippen molar-refractivity contribution in [1.82, 2.24) is 14.3 Å². The molecule has 1 aromatic carbocycles. The van der Waals surface area contributed by atoms with Crippen molar-refractivity contribution in [3.8, 4) is 5.75 Å². The number of rotatable bonds is 12. The molecule has 2 aromatic rings. The Balaban J connectivity index is 1.49. The van der Waals surface area contributed by atoms with Crippen LogP contribution in [0.3, 0.4) is 0 Å². The molecule has 2 unspecified atom stereocenters. The van der Waals surface area contributed by atoms with E-state index >= 15 is 0 Å². The van der Waals surface area contributed by atoms with Crippen LogP contribution in [0.5, 0.6) is 5.75 Å². The first-order chi connectivity index (χ1) is 21.1. The Labute approximate surface area is 273 Å².